The zero-order valence-corrected chi connectivity index (χ0v) is 7.02. The van der Waals surface area contributed by atoms with Gasteiger partial charge in [0.15, 0.2) is 8.38 Å². The molecule has 1 aliphatic rings. The van der Waals surface area contributed by atoms with Gasteiger partial charge in [0, 0.05) is 12.6 Å². The minimum atomic E-state index is -0.558. The van der Waals surface area contributed by atoms with Crippen LogP contribution in [0.3, 0.4) is 0 Å². The minimum Gasteiger partial charge on any atom is -0.334 e. The van der Waals surface area contributed by atoms with E-state index in [1.165, 1.54) is 0 Å². The lowest BCUT2D eigenvalue weighted by Gasteiger charge is -2.29. The molecule has 54 valence electrons. The summed E-state index contributed by atoms with van der Waals surface area (Å²) in [5.74, 6) is 0.559. The lowest BCUT2D eigenvalue weighted by Crippen LogP contribution is -2.25. The molecule has 0 radical (unpaired) electrons. The third kappa shape index (κ3) is 1.89. The molecule has 3 atom stereocenters. The fourth-order valence-corrected chi connectivity index (χ4v) is 1.91. The van der Waals surface area contributed by atoms with E-state index in [0.717, 1.165) is 6.61 Å². The van der Waals surface area contributed by atoms with Crippen molar-refractivity contribution in [1.82, 2.24) is 0 Å². The van der Waals surface area contributed by atoms with Crippen molar-refractivity contribution in [2.45, 2.75) is 20.0 Å². The van der Waals surface area contributed by atoms with Gasteiger partial charge in [0.05, 0.1) is 12.7 Å². The molecule has 0 aromatic rings. The van der Waals surface area contributed by atoms with Crippen LogP contribution in [0.2, 0.25) is 0 Å². The summed E-state index contributed by atoms with van der Waals surface area (Å²) in [5.41, 5.74) is 0. The molecule has 2 nitrogen and oxygen atoms in total. The fourth-order valence-electron chi connectivity index (χ4n) is 0.727. The normalized spacial score (nSPS) is 45.0. The average Bonchev–Trinajstić information content (AvgIpc) is 1.80. The van der Waals surface area contributed by atoms with Gasteiger partial charge in [-0.15, -0.1) is 0 Å². The van der Waals surface area contributed by atoms with Gasteiger partial charge in [-0.2, -0.15) is 0 Å². The maximum absolute atomic E-state index is 5.44. The summed E-state index contributed by atoms with van der Waals surface area (Å²) < 4.78 is 10.7. The van der Waals surface area contributed by atoms with E-state index >= 15 is 0 Å². The molecule has 1 saturated heterocycles. The summed E-state index contributed by atoms with van der Waals surface area (Å²) in [5, 5.41) is 0. The molecule has 0 N–H and O–H groups in total. The summed E-state index contributed by atoms with van der Waals surface area (Å²) >= 11 is 0. The standard InChI is InChI=1S/C6H13O2P/c1-5-4-7-9(3)8-6(5)2/h5-6H,4H2,1-3H3. The molecule has 1 fully saturated rings. The Morgan fingerprint density at radius 2 is 2.11 bits per heavy atom. The maximum atomic E-state index is 5.44. The SMILES string of the molecule is CC1COP(C)OC1C. The van der Waals surface area contributed by atoms with Crippen molar-refractivity contribution in [2.24, 2.45) is 5.92 Å². The van der Waals surface area contributed by atoms with E-state index in [-0.39, 0.29) is 0 Å². The van der Waals surface area contributed by atoms with Crippen LogP contribution < -0.4 is 0 Å². The Kier molecular flexibility index (Phi) is 2.45. The van der Waals surface area contributed by atoms with Crippen LogP contribution in [0.15, 0.2) is 0 Å². The highest BCUT2D eigenvalue weighted by molar-refractivity contribution is 7.46. The van der Waals surface area contributed by atoms with Gasteiger partial charge in [-0.25, -0.2) is 0 Å². The Hall–Kier alpha value is 0.350. The first-order valence-corrected chi connectivity index (χ1v) is 4.86. The average molecular weight is 148 g/mol. The Morgan fingerprint density at radius 3 is 2.56 bits per heavy atom. The number of hydrogen-bond acceptors (Lipinski definition) is 2. The predicted molar refractivity (Wildman–Crippen MR) is 38.5 cm³/mol. The molecule has 0 bridgehead atoms. The molecular weight excluding hydrogens is 135 g/mol. The van der Waals surface area contributed by atoms with Crippen molar-refractivity contribution < 1.29 is 9.05 Å². The lowest BCUT2D eigenvalue weighted by molar-refractivity contribution is 0.0697. The molecule has 0 saturated carbocycles. The highest BCUT2D eigenvalue weighted by atomic mass is 31.2. The van der Waals surface area contributed by atoms with Crippen molar-refractivity contribution in [2.75, 3.05) is 13.3 Å². The molecular formula is C6H13O2P. The summed E-state index contributed by atoms with van der Waals surface area (Å²) in [7, 11) is -0.558. The van der Waals surface area contributed by atoms with Crippen LogP contribution in [0, 0.1) is 5.92 Å². The molecule has 3 unspecified atom stereocenters. The van der Waals surface area contributed by atoms with Gasteiger partial charge in [0.25, 0.3) is 0 Å². The van der Waals surface area contributed by atoms with Gasteiger partial charge in [0.1, 0.15) is 0 Å². The van der Waals surface area contributed by atoms with Gasteiger partial charge in [-0.3, -0.25) is 0 Å². The molecule has 0 spiro atoms. The first kappa shape index (κ1) is 7.46. The fraction of sp³-hybridized carbons (Fsp3) is 1.00. The molecule has 1 rings (SSSR count). The number of rotatable bonds is 0. The van der Waals surface area contributed by atoms with Crippen LogP contribution in [0.4, 0.5) is 0 Å². The second kappa shape index (κ2) is 2.96. The smallest absolute Gasteiger partial charge is 0.167 e. The van der Waals surface area contributed by atoms with E-state index in [0.29, 0.717) is 12.0 Å². The van der Waals surface area contributed by atoms with E-state index in [1.54, 1.807) is 0 Å². The van der Waals surface area contributed by atoms with Crippen molar-refractivity contribution in [3.8, 4) is 0 Å². The van der Waals surface area contributed by atoms with Crippen LogP contribution in [0.25, 0.3) is 0 Å². The zero-order chi connectivity index (χ0) is 6.85. The van der Waals surface area contributed by atoms with E-state index in [1.807, 2.05) is 6.66 Å². The zero-order valence-electron chi connectivity index (χ0n) is 6.13. The first-order chi connectivity index (χ1) is 4.20. The molecule has 0 aromatic heterocycles. The van der Waals surface area contributed by atoms with Crippen LogP contribution >= 0.6 is 8.38 Å². The molecule has 3 heteroatoms. The van der Waals surface area contributed by atoms with Crippen LogP contribution in [0.5, 0.6) is 0 Å². The number of hydrogen-bond donors (Lipinski definition) is 0. The maximum Gasteiger partial charge on any atom is 0.167 e. The van der Waals surface area contributed by atoms with E-state index in [9.17, 15) is 0 Å². The van der Waals surface area contributed by atoms with E-state index in [2.05, 4.69) is 13.8 Å². The van der Waals surface area contributed by atoms with Crippen molar-refractivity contribution in [1.29, 1.82) is 0 Å². The Balaban J connectivity index is 2.35. The molecule has 9 heavy (non-hydrogen) atoms. The molecule has 1 aliphatic heterocycles. The lowest BCUT2D eigenvalue weighted by atomic mass is 10.1. The Morgan fingerprint density at radius 1 is 1.44 bits per heavy atom. The van der Waals surface area contributed by atoms with E-state index < -0.39 is 8.38 Å². The second-order valence-electron chi connectivity index (χ2n) is 2.52. The summed E-state index contributed by atoms with van der Waals surface area (Å²) in [6, 6.07) is 0. The van der Waals surface area contributed by atoms with Crippen LogP contribution in [-0.2, 0) is 9.05 Å². The monoisotopic (exact) mass is 148 g/mol. The van der Waals surface area contributed by atoms with Crippen molar-refractivity contribution >= 4 is 8.38 Å². The highest BCUT2D eigenvalue weighted by Gasteiger charge is 2.22. The van der Waals surface area contributed by atoms with Crippen LogP contribution in [-0.4, -0.2) is 19.4 Å². The quantitative estimate of drug-likeness (QED) is 0.489. The van der Waals surface area contributed by atoms with Crippen LogP contribution in [0.1, 0.15) is 13.8 Å². The summed E-state index contributed by atoms with van der Waals surface area (Å²) in [6.07, 6.45) is 0.384. The van der Waals surface area contributed by atoms with Gasteiger partial charge in [-0.1, -0.05) is 6.92 Å². The minimum absolute atomic E-state index is 0.384. The van der Waals surface area contributed by atoms with Gasteiger partial charge < -0.3 is 9.05 Å². The molecule has 0 amide bonds. The largest absolute Gasteiger partial charge is 0.334 e. The molecule has 0 aromatic carbocycles. The van der Waals surface area contributed by atoms with Gasteiger partial charge in [0.2, 0.25) is 0 Å². The third-order valence-corrected chi connectivity index (χ3v) is 2.78. The summed E-state index contributed by atoms with van der Waals surface area (Å²) in [6.45, 7) is 7.11. The van der Waals surface area contributed by atoms with E-state index in [4.69, 9.17) is 9.05 Å². The first-order valence-electron chi connectivity index (χ1n) is 3.23. The Labute approximate surface area is 57.5 Å². The molecule has 0 aliphatic carbocycles. The highest BCUT2D eigenvalue weighted by Crippen LogP contribution is 2.41. The van der Waals surface area contributed by atoms with Gasteiger partial charge in [-0.05, 0) is 6.92 Å². The third-order valence-electron chi connectivity index (χ3n) is 1.64. The van der Waals surface area contributed by atoms with Gasteiger partial charge >= 0.3 is 0 Å². The molecule has 1 heterocycles. The topological polar surface area (TPSA) is 18.5 Å². The second-order valence-corrected chi connectivity index (χ2v) is 3.87. The Bertz CT molecular complexity index is 97.1. The predicted octanol–water partition coefficient (Wildman–Crippen LogP) is 2.00. The summed E-state index contributed by atoms with van der Waals surface area (Å²) in [4.78, 5) is 0. The van der Waals surface area contributed by atoms with Crippen molar-refractivity contribution in [3.05, 3.63) is 0 Å². The van der Waals surface area contributed by atoms with Crippen molar-refractivity contribution in [3.63, 3.8) is 0 Å².